The van der Waals surface area contributed by atoms with Crippen LogP contribution in [0.3, 0.4) is 0 Å². The molecule has 0 bridgehead atoms. The Morgan fingerprint density at radius 3 is 2.58 bits per heavy atom. The van der Waals surface area contributed by atoms with Gasteiger partial charge in [-0.1, -0.05) is 0 Å². The van der Waals surface area contributed by atoms with Gasteiger partial charge in [-0.2, -0.15) is 0 Å². The molecule has 0 spiro atoms. The van der Waals surface area contributed by atoms with Crippen LogP contribution in [0.5, 0.6) is 0 Å². The molecule has 0 atom stereocenters. The van der Waals surface area contributed by atoms with Crippen molar-refractivity contribution in [2.75, 3.05) is 32.5 Å². The van der Waals surface area contributed by atoms with Crippen molar-refractivity contribution in [1.82, 2.24) is 10.6 Å². The molecule has 0 radical (unpaired) electrons. The van der Waals surface area contributed by atoms with Crippen LogP contribution >= 0.6 is 0 Å². The van der Waals surface area contributed by atoms with E-state index in [1.807, 2.05) is 12.1 Å². The summed E-state index contributed by atoms with van der Waals surface area (Å²) in [5.74, 6) is 1.47. The van der Waals surface area contributed by atoms with Gasteiger partial charge in [-0.05, 0) is 39.3 Å². The van der Waals surface area contributed by atoms with E-state index in [1.54, 1.807) is 34.1 Å². The summed E-state index contributed by atoms with van der Waals surface area (Å²) in [4.78, 5) is 4.07. The van der Waals surface area contributed by atoms with Crippen molar-refractivity contribution in [2.24, 2.45) is 4.99 Å². The van der Waals surface area contributed by atoms with Crippen molar-refractivity contribution in [2.45, 2.75) is 38.5 Å². The van der Waals surface area contributed by atoms with Crippen molar-refractivity contribution in [1.29, 1.82) is 0 Å². The lowest BCUT2D eigenvalue weighted by atomic mass is 10.3. The van der Waals surface area contributed by atoms with Crippen molar-refractivity contribution in [3.05, 3.63) is 24.2 Å². The first-order chi connectivity index (χ1) is 11.3. The Hall–Kier alpha value is -1.54. The van der Waals surface area contributed by atoms with Gasteiger partial charge in [0, 0.05) is 26.7 Å². The minimum atomic E-state index is -3.13. The molecular formula is C16H29N3O4S. The molecule has 138 valence electrons. The van der Waals surface area contributed by atoms with Gasteiger partial charge in [0.1, 0.15) is 12.4 Å². The van der Waals surface area contributed by atoms with Crippen LogP contribution in [0.15, 0.2) is 27.8 Å². The van der Waals surface area contributed by atoms with E-state index in [9.17, 15) is 8.42 Å². The number of hydrogen-bond acceptors (Lipinski definition) is 5. The number of guanidine groups is 1. The topological polar surface area (TPSA) is 92.9 Å². The Bertz CT molecular complexity index is 589. The first-order valence-electron chi connectivity index (χ1n) is 8.03. The van der Waals surface area contributed by atoms with E-state index in [4.69, 9.17) is 9.15 Å². The molecule has 1 aromatic rings. The molecule has 1 heterocycles. The third kappa shape index (κ3) is 7.35. The molecule has 0 amide bonds. The predicted molar refractivity (Wildman–Crippen MR) is 95.9 cm³/mol. The second-order valence-electron chi connectivity index (χ2n) is 6.34. The smallest absolute Gasteiger partial charge is 0.191 e. The second-order valence-corrected chi connectivity index (χ2v) is 9.21. The van der Waals surface area contributed by atoms with Gasteiger partial charge < -0.3 is 19.8 Å². The zero-order chi connectivity index (χ0) is 18.1. The zero-order valence-corrected chi connectivity index (χ0v) is 15.8. The highest BCUT2D eigenvalue weighted by molar-refractivity contribution is 7.92. The molecule has 0 aliphatic rings. The lowest BCUT2D eigenvalue weighted by molar-refractivity contribution is 0.105. The summed E-state index contributed by atoms with van der Waals surface area (Å²) in [6.07, 6.45) is 2.43. The van der Waals surface area contributed by atoms with Gasteiger partial charge in [0.05, 0.1) is 16.8 Å². The lowest BCUT2D eigenvalue weighted by Gasteiger charge is -2.19. The third-order valence-corrected chi connectivity index (χ3v) is 6.01. The maximum absolute atomic E-state index is 12.0. The Kier molecular flexibility index (Phi) is 8.27. The maximum atomic E-state index is 12.0. The summed E-state index contributed by atoms with van der Waals surface area (Å²) < 4.78 is 34.0. The van der Waals surface area contributed by atoms with Gasteiger partial charge in [-0.15, -0.1) is 0 Å². The van der Waals surface area contributed by atoms with Gasteiger partial charge in [0.2, 0.25) is 0 Å². The Morgan fingerprint density at radius 1 is 1.29 bits per heavy atom. The van der Waals surface area contributed by atoms with Crippen LogP contribution in [0.4, 0.5) is 0 Å². The minimum absolute atomic E-state index is 0.0729. The zero-order valence-electron chi connectivity index (χ0n) is 15.0. The molecule has 0 aliphatic carbocycles. The molecule has 0 saturated carbocycles. The summed E-state index contributed by atoms with van der Waals surface area (Å²) in [5.41, 5.74) is 0. The Morgan fingerprint density at radius 2 is 2.00 bits per heavy atom. The molecule has 8 heteroatoms. The largest absolute Gasteiger partial charge is 0.467 e. The number of ether oxygens (including phenoxy) is 1. The Balaban J connectivity index is 2.14. The van der Waals surface area contributed by atoms with Crippen LogP contribution in [0.25, 0.3) is 0 Å². The van der Waals surface area contributed by atoms with Gasteiger partial charge >= 0.3 is 0 Å². The summed E-state index contributed by atoms with van der Waals surface area (Å²) in [5, 5.41) is 6.14. The fraction of sp³-hybridized carbons (Fsp3) is 0.688. The third-order valence-electron chi connectivity index (χ3n) is 3.40. The molecule has 24 heavy (non-hydrogen) atoms. The number of aliphatic imine (C=N–C) groups is 1. The van der Waals surface area contributed by atoms with Crippen LogP contribution in [0.2, 0.25) is 0 Å². The first-order valence-corrected chi connectivity index (χ1v) is 9.68. The summed E-state index contributed by atoms with van der Waals surface area (Å²) in [6.45, 7) is 7.19. The molecule has 2 N–H and O–H groups in total. The van der Waals surface area contributed by atoms with Crippen LogP contribution in [0.1, 0.15) is 33.0 Å². The fourth-order valence-electron chi connectivity index (χ4n) is 1.78. The molecule has 0 unspecified atom stereocenters. The van der Waals surface area contributed by atoms with Gasteiger partial charge in [-0.3, -0.25) is 4.99 Å². The minimum Gasteiger partial charge on any atom is -0.467 e. The van der Waals surface area contributed by atoms with Crippen molar-refractivity contribution in [3.8, 4) is 0 Å². The molecule has 7 nitrogen and oxygen atoms in total. The number of rotatable bonds is 9. The standard InChI is InChI=1S/C16H29N3O4S/c1-16(2,3)24(20,21)12-9-19-15(17-4)18-8-6-10-22-13-14-7-5-11-23-14/h5,7,11H,6,8-10,12-13H2,1-4H3,(H2,17,18,19). The molecular weight excluding hydrogens is 330 g/mol. The molecule has 0 aliphatic heterocycles. The number of nitrogens with one attached hydrogen (secondary N) is 2. The van der Waals surface area contributed by atoms with Gasteiger partial charge in [0.15, 0.2) is 15.8 Å². The number of hydrogen-bond donors (Lipinski definition) is 2. The van der Waals surface area contributed by atoms with E-state index < -0.39 is 14.6 Å². The highest BCUT2D eigenvalue weighted by Crippen LogP contribution is 2.15. The van der Waals surface area contributed by atoms with E-state index in [-0.39, 0.29) is 5.75 Å². The molecule has 0 fully saturated rings. The van der Waals surface area contributed by atoms with Crippen molar-refractivity contribution < 1.29 is 17.6 Å². The quantitative estimate of drug-likeness (QED) is 0.395. The van der Waals surface area contributed by atoms with E-state index in [0.29, 0.717) is 32.3 Å². The molecule has 1 aromatic heterocycles. The normalized spacial score (nSPS) is 13.1. The summed E-state index contributed by atoms with van der Waals surface area (Å²) >= 11 is 0. The average Bonchev–Trinajstić information content (AvgIpc) is 3.00. The van der Waals surface area contributed by atoms with E-state index in [0.717, 1.165) is 12.2 Å². The highest BCUT2D eigenvalue weighted by Gasteiger charge is 2.28. The monoisotopic (exact) mass is 359 g/mol. The molecule has 1 rings (SSSR count). The Labute approximate surface area is 144 Å². The number of furan rings is 1. The first kappa shape index (κ1) is 20.5. The van der Waals surface area contributed by atoms with Crippen LogP contribution in [-0.4, -0.2) is 51.6 Å². The average molecular weight is 359 g/mol. The summed E-state index contributed by atoms with van der Waals surface area (Å²) in [7, 11) is -1.48. The number of nitrogens with zero attached hydrogens (tertiary/aromatic N) is 1. The van der Waals surface area contributed by atoms with Crippen LogP contribution < -0.4 is 10.6 Å². The second kappa shape index (κ2) is 9.68. The van der Waals surface area contributed by atoms with Crippen molar-refractivity contribution >= 4 is 15.8 Å². The summed E-state index contributed by atoms with van der Waals surface area (Å²) in [6, 6.07) is 3.70. The lowest BCUT2D eigenvalue weighted by Crippen LogP contribution is -2.42. The molecule has 0 aromatic carbocycles. The van der Waals surface area contributed by atoms with E-state index in [2.05, 4.69) is 15.6 Å². The van der Waals surface area contributed by atoms with Crippen LogP contribution in [-0.2, 0) is 21.2 Å². The highest BCUT2D eigenvalue weighted by atomic mass is 32.2. The number of sulfone groups is 1. The van der Waals surface area contributed by atoms with Gasteiger partial charge in [-0.25, -0.2) is 8.42 Å². The maximum Gasteiger partial charge on any atom is 0.191 e. The molecule has 0 saturated heterocycles. The fourth-order valence-corrected chi connectivity index (χ4v) is 2.76. The predicted octanol–water partition coefficient (Wildman–Crippen LogP) is 1.56. The van der Waals surface area contributed by atoms with Gasteiger partial charge in [0.25, 0.3) is 0 Å². The SMILES string of the molecule is CN=C(NCCCOCc1ccco1)NCCS(=O)(=O)C(C)(C)C. The van der Waals surface area contributed by atoms with E-state index >= 15 is 0 Å². The van der Waals surface area contributed by atoms with Crippen molar-refractivity contribution in [3.63, 3.8) is 0 Å². The van der Waals surface area contributed by atoms with E-state index in [1.165, 1.54) is 0 Å². The van der Waals surface area contributed by atoms with Crippen LogP contribution in [0, 0.1) is 0 Å².